The molecule has 4 rings (SSSR count). The Morgan fingerprint density at radius 3 is 2.72 bits per heavy atom. The summed E-state index contributed by atoms with van der Waals surface area (Å²) in [6, 6.07) is 12.0. The first kappa shape index (κ1) is 16.2. The summed E-state index contributed by atoms with van der Waals surface area (Å²) in [5, 5.41) is 3.05. The number of benzene rings is 2. The maximum Gasteiger partial charge on any atom is 0.261 e. The van der Waals surface area contributed by atoms with Gasteiger partial charge in [-0.05, 0) is 35.9 Å². The van der Waals surface area contributed by atoms with Crippen LogP contribution in [0.2, 0.25) is 0 Å². The summed E-state index contributed by atoms with van der Waals surface area (Å²) in [5.74, 6) is -0.591. The first-order valence-corrected chi connectivity index (χ1v) is 9.97. The molecule has 2 aromatic carbocycles. The largest absolute Gasteiger partial charge is 0.318 e. The van der Waals surface area contributed by atoms with E-state index in [1.807, 2.05) is 17.5 Å². The predicted octanol–water partition coefficient (Wildman–Crippen LogP) is 3.34. The Kier molecular flexibility index (Phi) is 4.01. The number of fused-ring (bicyclic) bond motifs is 1. The van der Waals surface area contributed by atoms with Crippen LogP contribution in [-0.2, 0) is 10.0 Å². The maximum atomic E-state index is 13.3. The van der Waals surface area contributed by atoms with Crippen LogP contribution in [0.15, 0.2) is 63.8 Å². The zero-order valence-electron chi connectivity index (χ0n) is 13.0. The highest BCUT2D eigenvalue weighted by molar-refractivity contribution is 8.16. The molecule has 0 bridgehead atoms. The number of nitrogens with one attached hydrogen (secondary N) is 1. The van der Waals surface area contributed by atoms with Crippen molar-refractivity contribution < 1.29 is 12.8 Å². The number of nitrogens with zero attached hydrogens (tertiary/aromatic N) is 2. The van der Waals surface area contributed by atoms with Gasteiger partial charge in [0.15, 0.2) is 5.17 Å². The van der Waals surface area contributed by atoms with Gasteiger partial charge in [0.2, 0.25) is 0 Å². The lowest BCUT2D eigenvalue weighted by Gasteiger charge is -2.17. The number of hydrogen-bond donors (Lipinski definition) is 1. The molecule has 2 heterocycles. The molecule has 0 fully saturated rings. The Balaban J connectivity index is 1.54. The molecule has 0 radical (unpaired) electrons. The lowest BCUT2D eigenvalue weighted by molar-refractivity contribution is 0.595. The van der Waals surface area contributed by atoms with Gasteiger partial charge < -0.3 is 4.90 Å². The van der Waals surface area contributed by atoms with Crippen molar-refractivity contribution in [2.75, 3.05) is 17.8 Å². The fourth-order valence-electron chi connectivity index (χ4n) is 2.70. The molecule has 0 saturated carbocycles. The molecule has 0 aliphatic carbocycles. The fraction of sp³-hybridized carbons (Fsp3) is 0.118. The number of thioether (sulfide) groups is 1. The third kappa shape index (κ3) is 3.14. The number of amidine groups is 1. The fourth-order valence-corrected chi connectivity index (χ4v) is 4.76. The minimum absolute atomic E-state index is 0.107. The highest BCUT2D eigenvalue weighted by atomic mass is 32.2. The van der Waals surface area contributed by atoms with E-state index in [9.17, 15) is 12.8 Å². The highest BCUT2D eigenvalue weighted by Crippen LogP contribution is 2.35. The van der Waals surface area contributed by atoms with Crippen LogP contribution < -0.4 is 4.72 Å². The number of anilines is 1. The molecule has 5 nitrogen and oxygen atoms in total. The third-order valence-corrected chi connectivity index (χ3v) is 6.19. The van der Waals surface area contributed by atoms with Crippen LogP contribution in [-0.4, -0.2) is 31.6 Å². The van der Waals surface area contributed by atoms with E-state index in [1.54, 1.807) is 23.9 Å². The first-order chi connectivity index (χ1) is 12.0. The molecule has 25 heavy (non-hydrogen) atoms. The quantitative estimate of drug-likeness (QED) is 0.890. The van der Waals surface area contributed by atoms with E-state index in [2.05, 4.69) is 14.6 Å². The van der Waals surface area contributed by atoms with Crippen molar-refractivity contribution in [3.63, 3.8) is 0 Å². The zero-order chi connectivity index (χ0) is 17.4. The van der Waals surface area contributed by atoms with Crippen LogP contribution in [0, 0.1) is 5.82 Å². The summed E-state index contributed by atoms with van der Waals surface area (Å²) in [6.07, 6.45) is 0. The molecule has 0 atom stereocenters. The zero-order valence-corrected chi connectivity index (χ0v) is 14.6. The van der Waals surface area contributed by atoms with E-state index >= 15 is 0 Å². The lowest BCUT2D eigenvalue weighted by atomic mass is 10.1. The van der Waals surface area contributed by atoms with Gasteiger partial charge in [0.05, 0.1) is 17.1 Å². The Labute approximate surface area is 149 Å². The second kappa shape index (κ2) is 6.20. The molecule has 2 aliphatic heterocycles. The van der Waals surface area contributed by atoms with Crippen molar-refractivity contribution in [3.8, 4) is 0 Å². The molecule has 0 unspecified atom stereocenters. The van der Waals surface area contributed by atoms with Gasteiger partial charge in [-0.25, -0.2) is 12.8 Å². The number of sulfonamides is 1. The van der Waals surface area contributed by atoms with E-state index in [0.29, 0.717) is 5.69 Å². The monoisotopic (exact) mass is 375 g/mol. The van der Waals surface area contributed by atoms with Crippen molar-refractivity contribution in [3.05, 3.63) is 65.3 Å². The normalized spacial score (nSPS) is 16.4. The second-order valence-corrected chi connectivity index (χ2v) is 8.10. The summed E-state index contributed by atoms with van der Waals surface area (Å²) in [6.45, 7) is 1.66. The van der Waals surface area contributed by atoms with Crippen LogP contribution >= 0.6 is 11.8 Å². The van der Waals surface area contributed by atoms with Crippen LogP contribution in [0.25, 0.3) is 5.70 Å². The van der Waals surface area contributed by atoms with Gasteiger partial charge in [-0.2, -0.15) is 0 Å². The van der Waals surface area contributed by atoms with Crippen LogP contribution in [0.5, 0.6) is 0 Å². The van der Waals surface area contributed by atoms with Crippen molar-refractivity contribution in [2.45, 2.75) is 4.90 Å². The summed E-state index contributed by atoms with van der Waals surface area (Å²) in [7, 11) is -3.82. The Hall–Kier alpha value is -2.32. The SMILES string of the molecule is O=S(=O)(Nc1ccc(C2=CSC3=NCCN23)cc1)c1cccc(F)c1. The third-order valence-electron chi connectivity index (χ3n) is 3.91. The molecule has 0 aromatic heterocycles. The lowest BCUT2D eigenvalue weighted by Crippen LogP contribution is -2.19. The van der Waals surface area contributed by atoms with Crippen molar-refractivity contribution in [1.82, 2.24) is 4.90 Å². The van der Waals surface area contributed by atoms with Gasteiger partial charge in [0, 0.05) is 17.6 Å². The van der Waals surface area contributed by atoms with E-state index in [-0.39, 0.29) is 4.90 Å². The number of aliphatic imine (C=N–C) groups is 1. The average molecular weight is 375 g/mol. The van der Waals surface area contributed by atoms with Crippen molar-refractivity contribution in [1.29, 1.82) is 0 Å². The maximum absolute atomic E-state index is 13.3. The number of hydrogen-bond acceptors (Lipinski definition) is 5. The van der Waals surface area contributed by atoms with E-state index in [4.69, 9.17) is 0 Å². The molecule has 128 valence electrons. The first-order valence-electron chi connectivity index (χ1n) is 7.61. The van der Waals surface area contributed by atoms with E-state index in [0.717, 1.165) is 35.6 Å². The molecule has 1 N–H and O–H groups in total. The average Bonchev–Trinajstić information content (AvgIpc) is 3.19. The standard InChI is InChI=1S/C17H14FN3O2S2/c18-13-2-1-3-15(10-13)25(22,23)20-14-6-4-12(5-7-14)16-11-24-17-19-8-9-21(16)17/h1-7,10-11,20H,8-9H2. The van der Waals surface area contributed by atoms with Crippen molar-refractivity contribution in [2.24, 2.45) is 4.99 Å². The van der Waals surface area contributed by atoms with E-state index < -0.39 is 15.8 Å². The molecule has 8 heteroatoms. The van der Waals surface area contributed by atoms with Crippen molar-refractivity contribution >= 4 is 38.3 Å². The molecule has 0 saturated heterocycles. The Bertz CT molecular complexity index is 985. The minimum atomic E-state index is -3.82. The van der Waals surface area contributed by atoms with Gasteiger partial charge in [-0.15, -0.1) is 0 Å². The van der Waals surface area contributed by atoms with Gasteiger partial charge >= 0.3 is 0 Å². The van der Waals surface area contributed by atoms with E-state index in [1.165, 1.54) is 18.2 Å². The predicted molar refractivity (Wildman–Crippen MR) is 98.2 cm³/mol. The molecule has 0 spiro atoms. The summed E-state index contributed by atoms with van der Waals surface area (Å²) in [4.78, 5) is 6.45. The second-order valence-electron chi connectivity index (χ2n) is 5.58. The van der Waals surface area contributed by atoms with Gasteiger partial charge in [-0.1, -0.05) is 30.0 Å². The molecule has 2 aliphatic rings. The summed E-state index contributed by atoms with van der Waals surface area (Å²) >= 11 is 1.60. The van der Waals surface area contributed by atoms with Crippen LogP contribution in [0.3, 0.4) is 0 Å². The Morgan fingerprint density at radius 1 is 1.16 bits per heavy atom. The van der Waals surface area contributed by atoms with Crippen LogP contribution in [0.1, 0.15) is 5.56 Å². The Morgan fingerprint density at radius 2 is 1.96 bits per heavy atom. The molecular weight excluding hydrogens is 361 g/mol. The summed E-state index contributed by atoms with van der Waals surface area (Å²) in [5.41, 5.74) is 2.49. The molecule has 2 aromatic rings. The highest BCUT2D eigenvalue weighted by Gasteiger charge is 2.27. The van der Waals surface area contributed by atoms with Gasteiger partial charge in [-0.3, -0.25) is 9.71 Å². The number of halogens is 1. The molecular formula is C17H14FN3O2S2. The van der Waals surface area contributed by atoms with Gasteiger partial charge in [0.25, 0.3) is 10.0 Å². The topological polar surface area (TPSA) is 61.8 Å². The molecule has 0 amide bonds. The van der Waals surface area contributed by atoms with Crippen LogP contribution in [0.4, 0.5) is 10.1 Å². The number of rotatable bonds is 4. The smallest absolute Gasteiger partial charge is 0.261 e. The van der Waals surface area contributed by atoms with Gasteiger partial charge in [0.1, 0.15) is 5.82 Å². The summed E-state index contributed by atoms with van der Waals surface area (Å²) < 4.78 is 40.4. The minimum Gasteiger partial charge on any atom is -0.318 e.